The van der Waals surface area contributed by atoms with E-state index in [-0.39, 0.29) is 5.39 Å². The van der Waals surface area contributed by atoms with Crippen LogP contribution in [0.4, 0.5) is 0 Å². The molecule has 0 saturated heterocycles. The summed E-state index contributed by atoms with van der Waals surface area (Å²) in [6, 6.07) is 1.49. The summed E-state index contributed by atoms with van der Waals surface area (Å²) in [6.07, 6.45) is 0. The average molecular weight is 355 g/mol. The molecular weight excluding hydrogens is 353 g/mol. The van der Waals surface area contributed by atoms with Crippen LogP contribution < -0.4 is 11.4 Å². The van der Waals surface area contributed by atoms with Gasteiger partial charge in [0, 0.05) is 4.47 Å². The first-order chi connectivity index (χ1) is 7.00. The van der Waals surface area contributed by atoms with Gasteiger partial charge in [-0.15, -0.1) is 0 Å². The number of hydrogen-bond acceptors (Lipinski definition) is 3. The second-order valence-electron chi connectivity index (χ2n) is 2.71. The predicted molar refractivity (Wildman–Crippen MR) is 63.5 cm³/mol. The molecule has 0 saturated carbocycles. The van der Waals surface area contributed by atoms with Crippen LogP contribution in [0, 0.1) is 0 Å². The smallest absolute Gasteiger partial charge is 0.372 e. The van der Waals surface area contributed by atoms with Crippen molar-refractivity contribution in [1.29, 1.82) is 0 Å². The standard InChI is InChI=1S/C8H2Br2ClNO3/c9-3-1-2-6(4(10)5(3)11)12-8(14)15-7(2)13/h1H,(H,12,14). The van der Waals surface area contributed by atoms with E-state index in [0.717, 1.165) is 0 Å². The minimum absolute atomic E-state index is 0.248. The van der Waals surface area contributed by atoms with Crippen molar-refractivity contribution in [2.45, 2.75) is 0 Å². The van der Waals surface area contributed by atoms with Crippen molar-refractivity contribution in [2.75, 3.05) is 0 Å². The fraction of sp³-hybridized carbons (Fsp3) is 0. The van der Waals surface area contributed by atoms with Crippen LogP contribution in [0.3, 0.4) is 0 Å². The molecule has 1 aromatic carbocycles. The van der Waals surface area contributed by atoms with E-state index < -0.39 is 11.4 Å². The molecule has 0 amide bonds. The molecule has 1 aromatic heterocycles. The van der Waals surface area contributed by atoms with Crippen LogP contribution in [0.2, 0.25) is 5.02 Å². The number of aromatic nitrogens is 1. The second kappa shape index (κ2) is 3.77. The Bertz CT molecular complexity index is 661. The molecule has 78 valence electrons. The van der Waals surface area contributed by atoms with E-state index in [9.17, 15) is 9.59 Å². The van der Waals surface area contributed by atoms with Gasteiger partial charge < -0.3 is 4.42 Å². The second-order valence-corrected chi connectivity index (χ2v) is 4.74. The third-order valence-electron chi connectivity index (χ3n) is 1.79. The highest BCUT2D eigenvalue weighted by atomic mass is 79.9. The number of fused-ring (bicyclic) bond motifs is 1. The predicted octanol–water partition coefficient (Wildman–Crippen LogP) is 2.66. The molecule has 1 heterocycles. The normalized spacial score (nSPS) is 10.9. The van der Waals surface area contributed by atoms with Crippen molar-refractivity contribution in [3.05, 3.63) is 41.0 Å². The van der Waals surface area contributed by atoms with Gasteiger partial charge in [0.25, 0.3) is 0 Å². The van der Waals surface area contributed by atoms with Crippen molar-refractivity contribution in [2.24, 2.45) is 0 Å². The number of hydrogen-bond donors (Lipinski definition) is 1. The maximum atomic E-state index is 11.3. The molecule has 0 aliphatic rings. The van der Waals surface area contributed by atoms with E-state index in [1.807, 2.05) is 0 Å². The van der Waals surface area contributed by atoms with Crippen molar-refractivity contribution in [3.8, 4) is 0 Å². The largest absolute Gasteiger partial charge is 0.419 e. The summed E-state index contributed by atoms with van der Waals surface area (Å²) in [6.45, 7) is 0. The lowest BCUT2D eigenvalue weighted by molar-refractivity contribution is 0.460. The molecule has 2 aromatic rings. The summed E-state index contributed by atoms with van der Waals surface area (Å²) in [5.41, 5.74) is -0.378. The van der Waals surface area contributed by atoms with Gasteiger partial charge in [0.15, 0.2) is 0 Å². The molecule has 0 aliphatic carbocycles. The lowest BCUT2D eigenvalue weighted by atomic mass is 10.2. The van der Waals surface area contributed by atoms with Crippen molar-refractivity contribution < 1.29 is 4.42 Å². The number of benzene rings is 1. The Morgan fingerprint density at radius 2 is 2.00 bits per heavy atom. The van der Waals surface area contributed by atoms with E-state index in [2.05, 4.69) is 41.3 Å². The Morgan fingerprint density at radius 1 is 1.33 bits per heavy atom. The zero-order valence-corrected chi connectivity index (χ0v) is 10.9. The highest BCUT2D eigenvalue weighted by molar-refractivity contribution is 9.11. The van der Waals surface area contributed by atoms with Crippen LogP contribution in [0.5, 0.6) is 0 Å². The van der Waals surface area contributed by atoms with E-state index in [0.29, 0.717) is 19.5 Å². The molecule has 0 unspecified atom stereocenters. The minimum atomic E-state index is -0.813. The molecule has 0 atom stereocenters. The zero-order chi connectivity index (χ0) is 11.2. The summed E-state index contributed by atoms with van der Waals surface area (Å²) in [4.78, 5) is 24.7. The molecule has 4 nitrogen and oxygen atoms in total. The summed E-state index contributed by atoms with van der Waals surface area (Å²) < 4.78 is 5.38. The Kier molecular flexibility index (Phi) is 2.74. The van der Waals surface area contributed by atoms with Gasteiger partial charge in [-0.2, -0.15) is 0 Å². The van der Waals surface area contributed by atoms with Crippen LogP contribution >= 0.6 is 43.5 Å². The summed E-state index contributed by atoms with van der Waals surface area (Å²) >= 11 is 12.3. The van der Waals surface area contributed by atoms with Crippen LogP contribution in [0.15, 0.2) is 29.0 Å². The van der Waals surface area contributed by atoms with Crippen LogP contribution in [-0.2, 0) is 0 Å². The molecule has 0 fully saturated rings. The molecule has 0 spiro atoms. The average Bonchev–Trinajstić information content (AvgIpc) is 2.17. The molecule has 0 aliphatic heterocycles. The first-order valence-corrected chi connectivity index (χ1v) is 5.67. The highest BCUT2D eigenvalue weighted by Crippen LogP contribution is 2.34. The van der Waals surface area contributed by atoms with Crippen LogP contribution in [0.25, 0.3) is 10.9 Å². The number of H-pyrrole nitrogens is 1. The van der Waals surface area contributed by atoms with Gasteiger partial charge in [-0.3, -0.25) is 4.98 Å². The van der Waals surface area contributed by atoms with Gasteiger partial charge in [0.2, 0.25) is 0 Å². The first kappa shape index (κ1) is 10.9. The molecular formula is C8H2Br2ClNO3. The SMILES string of the molecule is O=c1[nH]c2c(Br)c(Cl)c(Br)cc2c(=O)o1. The van der Waals surface area contributed by atoms with Gasteiger partial charge >= 0.3 is 11.4 Å². The lowest BCUT2D eigenvalue weighted by Gasteiger charge is -2.02. The van der Waals surface area contributed by atoms with Gasteiger partial charge in [0.1, 0.15) is 0 Å². The van der Waals surface area contributed by atoms with Crippen molar-refractivity contribution in [3.63, 3.8) is 0 Å². The molecule has 0 radical (unpaired) electrons. The van der Waals surface area contributed by atoms with Crippen LogP contribution in [-0.4, -0.2) is 4.98 Å². The van der Waals surface area contributed by atoms with E-state index in [1.54, 1.807) is 0 Å². The van der Waals surface area contributed by atoms with Crippen molar-refractivity contribution in [1.82, 2.24) is 4.98 Å². The molecule has 1 N–H and O–H groups in total. The summed E-state index contributed by atoms with van der Waals surface area (Å²) in [5, 5.41) is 0.626. The van der Waals surface area contributed by atoms with E-state index in [1.165, 1.54) is 6.07 Å². The minimum Gasteiger partial charge on any atom is -0.372 e. The summed E-state index contributed by atoms with van der Waals surface area (Å²) in [5.74, 6) is -0.813. The maximum Gasteiger partial charge on any atom is 0.419 e. The van der Waals surface area contributed by atoms with E-state index in [4.69, 9.17) is 11.6 Å². The summed E-state index contributed by atoms with van der Waals surface area (Å²) in [7, 11) is 0. The Labute approximate surface area is 104 Å². The first-order valence-electron chi connectivity index (χ1n) is 3.71. The fourth-order valence-electron chi connectivity index (χ4n) is 1.15. The van der Waals surface area contributed by atoms with Gasteiger partial charge in [0.05, 0.1) is 20.4 Å². The van der Waals surface area contributed by atoms with Gasteiger partial charge in [-0.1, -0.05) is 11.6 Å². The van der Waals surface area contributed by atoms with Gasteiger partial charge in [-0.05, 0) is 37.9 Å². The lowest BCUT2D eigenvalue weighted by Crippen LogP contribution is -2.14. The maximum absolute atomic E-state index is 11.3. The molecule has 15 heavy (non-hydrogen) atoms. The molecule has 2 rings (SSSR count). The van der Waals surface area contributed by atoms with Crippen LogP contribution in [0.1, 0.15) is 0 Å². The zero-order valence-electron chi connectivity index (χ0n) is 6.94. The van der Waals surface area contributed by atoms with Gasteiger partial charge in [-0.25, -0.2) is 9.59 Å². The Balaban J connectivity index is 3.12. The third-order valence-corrected chi connectivity index (χ3v) is 4.06. The third kappa shape index (κ3) is 1.77. The topological polar surface area (TPSA) is 63.1 Å². The number of rotatable bonds is 0. The Hall–Kier alpha value is -0.590. The fourth-order valence-corrected chi connectivity index (χ4v) is 2.51. The molecule has 7 heteroatoms. The Morgan fingerprint density at radius 3 is 2.67 bits per heavy atom. The van der Waals surface area contributed by atoms with Crippen molar-refractivity contribution >= 4 is 54.4 Å². The van der Waals surface area contributed by atoms with E-state index >= 15 is 0 Å². The number of nitrogens with one attached hydrogen (secondary N) is 1. The highest BCUT2D eigenvalue weighted by Gasteiger charge is 2.12. The number of aromatic amines is 1. The monoisotopic (exact) mass is 353 g/mol. The quantitative estimate of drug-likeness (QED) is 0.739. The number of halogens is 3. The molecule has 0 bridgehead atoms.